The molecule has 1 heterocycles. The molecule has 0 aliphatic heterocycles. The van der Waals surface area contributed by atoms with Gasteiger partial charge < -0.3 is 4.57 Å². The van der Waals surface area contributed by atoms with Crippen LogP contribution >= 0.6 is 0 Å². The highest BCUT2D eigenvalue weighted by Gasteiger charge is 2.20. The molecular formula is C55H32N2. The van der Waals surface area contributed by atoms with Crippen molar-refractivity contribution in [1.29, 1.82) is 0 Å². The zero-order valence-electron chi connectivity index (χ0n) is 30.9. The average Bonchev–Trinajstić information content (AvgIpc) is 3.62. The summed E-state index contributed by atoms with van der Waals surface area (Å²) in [5, 5.41) is 14.6. The molecule has 0 radical (unpaired) electrons. The van der Waals surface area contributed by atoms with Crippen LogP contribution in [0.5, 0.6) is 0 Å². The van der Waals surface area contributed by atoms with Gasteiger partial charge in [0, 0.05) is 16.5 Å². The molecule has 0 aliphatic carbocycles. The van der Waals surface area contributed by atoms with E-state index in [4.69, 9.17) is 6.57 Å². The number of benzene rings is 11. The van der Waals surface area contributed by atoms with Crippen LogP contribution in [0.4, 0.5) is 5.69 Å². The minimum atomic E-state index is 0.690. The lowest BCUT2D eigenvalue weighted by Crippen LogP contribution is -1.93. The van der Waals surface area contributed by atoms with E-state index in [2.05, 4.69) is 197 Å². The van der Waals surface area contributed by atoms with Crippen molar-refractivity contribution >= 4 is 81.4 Å². The molecule has 0 bridgehead atoms. The summed E-state index contributed by atoms with van der Waals surface area (Å²) < 4.78 is 2.35. The Labute approximate surface area is 329 Å². The van der Waals surface area contributed by atoms with E-state index in [0.29, 0.717) is 5.69 Å². The van der Waals surface area contributed by atoms with Crippen LogP contribution in [0.15, 0.2) is 194 Å². The summed E-state index contributed by atoms with van der Waals surface area (Å²) in [5.74, 6) is 0. The molecule has 2 nitrogen and oxygen atoms in total. The zero-order chi connectivity index (χ0) is 37.6. The molecule has 262 valence electrons. The van der Waals surface area contributed by atoms with Gasteiger partial charge in [-0.05, 0) is 130 Å². The first-order valence-electron chi connectivity index (χ1n) is 19.5. The Hall–Kier alpha value is -7.73. The molecule has 12 aromatic rings. The average molecular weight is 721 g/mol. The van der Waals surface area contributed by atoms with Crippen LogP contribution in [0, 0.1) is 6.57 Å². The van der Waals surface area contributed by atoms with E-state index < -0.39 is 0 Å². The van der Waals surface area contributed by atoms with Crippen molar-refractivity contribution in [2.45, 2.75) is 0 Å². The van der Waals surface area contributed by atoms with Crippen LogP contribution in [0.1, 0.15) is 0 Å². The largest absolute Gasteiger partial charge is 0.309 e. The molecule has 0 atom stereocenters. The Morgan fingerprint density at radius 3 is 1.72 bits per heavy atom. The molecule has 12 rings (SSSR count). The van der Waals surface area contributed by atoms with E-state index in [0.717, 1.165) is 38.6 Å². The van der Waals surface area contributed by atoms with E-state index >= 15 is 0 Å². The van der Waals surface area contributed by atoms with Crippen LogP contribution in [-0.4, -0.2) is 4.57 Å². The molecule has 1 aromatic heterocycles. The molecule has 2 heteroatoms. The van der Waals surface area contributed by atoms with E-state index in [1.165, 1.54) is 76.1 Å². The third kappa shape index (κ3) is 4.64. The van der Waals surface area contributed by atoms with E-state index in [1.807, 2.05) is 6.07 Å². The summed E-state index contributed by atoms with van der Waals surface area (Å²) in [5.41, 5.74) is 11.3. The minimum Gasteiger partial charge on any atom is -0.309 e. The normalized spacial score (nSPS) is 11.8. The van der Waals surface area contributed by atoms with Gasteiger partial charge in [-0.2, -0.15) is 0 Å². The summed E-state index contributed by atoms with van der Waals surface area (Å²) in [6.45, 7) is 7.86. The second-order valence-electron chi connectivity index (χ2n) is 15.1. The molecule has 11 aromatic carbocycles. The fourth-order valence-corrected chi connectivity index (χ4v) is 9.58. The minimum absolute atomic E-state index is 0.690. The van der Waals surface area contributed by atoms with E-state index in [1.54, 1.807) is 0 Å². The molecule has 0 unspecified atom stereocenters. The fraction of sp³-hybridized carbons (Fsp3) is 0. The molecule has 0 spiro atoms. The number of para-hydroxylation sites is 1. The highest BCUT2D eigenvalue weighted by atomic mass is 15.0. The van der Waals surface area contributed by atoms with Crippen molar-refractivity contribution in [2.75, 3.05) is 0 Å². The Morgan fingerprint density at radius 2 is 0.965 bits per heavy atom. The Balaban J connectivity index is 1.04. The Kier molecular flexibility index (Phi) is 6.73. The number of hydrogen-bond donors (Lipinski definition) is 0. The first-order valence-corrected chi connectivity index (χ1v) is 19.5. The highest BCUT2D eigenvalue weighted by molar-refractivity contribution is 6.28. The van der Waals surface area contributed by atoms with Crippen molar-refractivity contribution < 1.29 is 0 Å². The fourth-order valence-electron chi connectivity index (χ4n) is 9.58. The molecule has 0 N–H and O–H groups in total. The number of hydrogen-bond acceptors (Lipinski definition) is 0. The maximum atomic E-state index is 7.86. The van der Waals surface area contributed by atoms with Crippen molar-refractivity contribution in [1.82, 2.24) is 4.57 Å². The van der Waals surface area contributed by atoms with Gasteiger partial charge in [-0.1, -0.05) is 152 Å². The smallest absolute Gasteiger partial charge is 0.195 e. The van der Waals surface area contributed by atoms with Gasteiger partial charge in [-0.3, -0.25) is 0 Å². The van der Waals surface area contributed by atoms with Crippen LogP contribution in [0.3, 0.4) is 0 Å². The Morgan fingerprint density at radius 1 is 0.333 bits per heavy atom. The number of nitrogens with zero attached hydrogens (tertiary/aromatic N) is 2. The highest BCUT2D eigenvalue weighted by Crippen LogP contribution is 2.46. The van der Waals surface area contributed by atoms with Gasteiger partial charge >= 0.3 is 0 Å². The first kappa shape index (κ1) is 31.6. The molecular weight excluding hydrogens is 689 g/mol. The van der Waals surface area contributed by atoms with Gasteiger partial charge in [-0.15, -0.1) is 0 Å². The summed E-state index contributed by atoms with van der Waals surface area (Å²) >= 11 is 0. The molecule has 0 saturated carbocycles. The van der Waals surface area contributed by atoms with Crippen LogP contribution in [0.25, 0.3) is 120 Å². The standard InChI is InChI=1S/C55H32N2/c1-56-51-28-29-52-55-46(51)27-26-37-30-38(31-53(54(37)55)57(52)39-14-3-2-4-15-39)34-22-24-36(25-23-34)47-32-49-45-20-10-9-19-44(45)48(33-50(49)43-18-8-7-17-42(43)47)41-21-11-13-35-12-5-6-16-40(35)41/h2-33H. The van der Waals surface area contributed by atoms with Gasteiger partial charge in [-0.25, -0.2) is 4.85 Å². The van der Waals surface area contributed by atoms with Gasteiger partial charge in [0.1, 0.15) is 0 Å². The van der Waals surface area contributed by atoms with E-state index in [9.17, 15) is 0 Å². The van der Waals surface area contributed by atoms with Gasteiger partial charge in [0.15, 0.2) is 5.69 Å². The summed E-state index contributed by atoms with van der Waals surface area (Å²) in [6.07, 6.45) is 0. The lowest BCUT2D eigenvalue weighted by Gasteiger charge is -2.17. The van der Waals surface area contributed by atoms with Crippen molar-refractivity contribution in [3.05, 3.63) is 206 Å². The monoisotopic (exact) mass is 720 g/mol. The summed E-state index contributed by atoms with van der Waals surface area (Å²) in [6, 6.07) is 70.6. The quantitative estimate of drug-likeness (QED) is 0.126. The third-order valence-electron chi connectivity index (χ3n) is 12.1. The maximum absolute atomic E-state index is 7.86. The van der Waals surface area contributed by atoms with Crippen LogP contribution in [-0.2, 0) is 0 Å². The first-order chi connectivity index (χ1) is 28.2. The van der Waals surface area contributed by atoms with Crippen molar-refractivity contribution in [2.24, 2.45) is 0 Å². The van der Waals surface area contributed by atoms with Crippen molar-refractivity contribution in [3.63, 3.8) is 0 Å². The SMILES string of the molecule is [C-]#[N+]c1ccc2c3c1ccc1cc(-c4ccc(-c5cc6c7ccccc7c(-c7cccc8ccccc78)cc6c6ccccc56)cc4)cc(c13)n2-c1ccccc1. The topological polar surface area (TPSA) is 9.29 Å². The van der Waals surface area contributed by atoms with Gasteiger partial charge in [0.25, 0.3) is 0 Å². The van der Waals surface area contributed by atoms with Crippen molar-refractivity contribution in [3.8, 4) is 39.1 Å². The molecule has 0 aliphatic rings. The number of fused-ring (bicyclic) bond motifs is 6. The second-order valence-corrected chi connectivity index (χ2v) is 15.1. The molecule has 0 fully saturated rings. The molecule has 0 saturated heterocycles. The lowest BCUT2D eigenvalue weighted by molar-refractivity contribution is 1.18. The molecule has 57 heavy (non-hydrogen) atoms. The number of rotatable bonds is 4. The Bertz CT molecular complexity index is 3620. The number of aromatic nitrogens is 1. The maximum Gasteiger partial charge on any atom is 0.195 e. The van der Waals surface area contributed by atoms with Gasteiger partial charge in [0.2, 0.25) is 0 Å². The van der Waals surface area contributed by atoms with E-state index in [-0.39, 0.29) is 0 Å². The summed E-state index contributed by atoms with van der Waals surface area (Å²) in [4.78, 5) is 3.87. The summed E-state index contributed by atoms with van der Waals surface area (Å²) in [7, 11) is 0. The predicted octanol–water partition coefficient (Wildman–Crippen LogP) is 15.5. The van der Waals surface area contributed by atoms with Crippen LogP contribution in [0.2, 0.25) is 0 Å². The second kappa shape index (κ2) is 12.1. The molecule has 0 amide bonds. The predicted molar refractivity (Wildman–Crippen MR) is 242 cm³/mol. The van der Waals surface area contributed by atoms with Gasteiger partial charge in [0.05, 0.1) is 17.6 Å². The van der Waals surface area contributed by atoms with Crippen LogP contribution < -0.4 is 0 Å². The third-order valence-corrected chi connectivity index (χ3v) is 12.1. The lowest BCUT2D eigenvalue weighted by atomic mass is 9.86. The zero-order valence-corrected chi connectivity index (χ0v) is 30.9.